The standard InChI is InChI=1S/C26H36N6O2/c1-3-29-10-12-31(13-11-29)19-20-8-9-23(28-18-20)21-6-5-7-22(25(27)33)24(21)26(34)32-16-14-30(4-2)15-17-32/h5-9,18H,3-4,10-17,19H2,1-2H3,(H2,27,33). The van der Waals surface area contributed by atoms with Crippen LogP contribution >= 0.6 is 0 Å². The van der Waals surface area contributed by atoms with Crippen molar-refractivity contribution in [3.63, 3.8) is 0 Å². The van der Waals surface area contributed by atoms with Crippen LogP contribution in [0.1, 0.15) is 40.1 Å². The molecule has 0 spiro atoms. The van der Waals surface area contributed by atoms with E-state index in [-0.39, 0.29) is 11.5 Å². The summed E-state index contributed by atoms with van der Waals surface area (Å²) in [6.07, 6.45) is 1.88. The molecule has 1 aromatic heterocycles. The number of rotatable bonds is 7. The fraction of sp³-hybridized carbons (Fsp3) is 0.500. The highest BCUT2D eigenvalue weighted by atomic mass is 16.2. The van der Waals surface area contributed by atoms with E-state index in [0.29, 0.717) is 29.9 Å². The van der Waals surface area contributed by atoms with Gasteiger partial charge in [0.1, 0.15) is 0 Å². The maximum absolute atomic E-state index is 13.6. The first-order valence-corrected chi connectivity index (χ1v) is 12.3. The number of piperazine rings is 2. The Hall–Kier alpha value is -2.81. The maximum atomic E-state index is 13.6. The Kier molecular flexibility index (Phi) is 7.92. The molecule has 8 nitrogen and oxygen atoms in total. The molecule has 0 saturated carbocycles. The molecule has 2 N–H and O–H groups in total. The largest absolute Gasteiger partial charge is 0.366 e. The Balaban J connectivity index is 1.55. The monoisotopic (exact) mass is 464 g/mol. The van der Waals surface area contributed by atoms with E-state index in [9.17, 15) is 9.59 Å². The van der Waals surface area contributed by atoms with Crippen molar-refractivity contribution in [2.24, 2.45) is 5.73 Å². The molecule has 34 heavy (non-hydrogen) atoms. The van der Waals surface area contributed by atoms with Crippen LogP contribution < -0.4 is 5.73 Å². The van der Waals surface area contributed by atoms with E-state index >= 15 is 0 Å². The minimum atomic E-state index is -0.597. The second-order valence-electron chi connectivity index (χ2n) is 9.08. The van der Waals surface area contributed by atoms with Gasteiger partial charge < -0.3 is 20.4 Å². The highest BCUT2D eigenvalue weighted by molar-refractivity contribution is 6.10. The van der Waals surface area contributed by atoms with Gasteiger partial charge in [-0.15, -0.1) is 0 Å². The van der Waals surface area contributed by atoms with Crippen molar-refractivity contribution in [1.29, 1.82) is 0 Å². The van der Waals surface area contributed by atoms with E-state index in [1.165, 1.54) is 0 Å². The van der Waals surface area contributed by atoms with Gasteiger partial charge in [-0.2, -0.15) is 0 Å². The molecule has 2 fully saturated rings. The molecule has 0 unspecified atom stereocenters. The summed E-state index contributed by atoms with van der Waals surface area (Å²) in [6, 6.07) is 9.27. The molecule has 8 heteroatoms. The van der Waals surface area contributed by atoms with E-state index in [4.69, 9.17) is 10.7 Å². The Morgan fingerprint density at radius 2 is 1.47 bits per heavy atom. The summed E-state index contributed by atoms with van der Waals surface area (Å²) in [5.41, 5.74) is 8.76. The number of likely N-dealkylation sites (N-methyl/N-ethyl adjacent to an activating group) is 2. The molecule has 0 bridgehead atoms. The summed E-state index contributed by atoms with van der Waals surface area (Å²) in [6.45, 7) is 14.5. The molecule has 182 valence electrons. The highest BCUT2D eigenvalue weighted by Gasteiger charge is 2.27. The SMILES string of the molecule is CCN1CCN(Cc2ccc(-c3cccc(C(N)=O)c3C(=O)N3CCN(CC)CC3)nc2)CC1. The number of primary amides is 1. The predicted octanol–water partition coefficient (Wildman–Crippen LogP) is 1.76. The van der Waals surface area contributed by atoms with E-state index in [1.54, 1.807) is 12.1 Å². The van der Waals surface area contributed by atoms with Crippen LogP contribution in [0.3, 0.4) is 0 Å². The van der Waals surface area contributed by atoms with Crippen molar-refractivity contribution in [3.05, 3.63) is 53.2 Å². The topological polar surface area (TPSA) is 86.0 Å². The Morgan fingerprint density at radius 1 is 0.853 bits per heavy atom. The first-order valence-electron chi connectivity index (χ1n) is 12.3. The second kappa shape index (κ2) is 11.1. The molecule has 4 rings (SSSR count). The lowest BCUT2D eigenvalue weighted by Gasteiger charge is -2.34. The van der Waals surface area contributed by atoms with Crippen molar-refractivity contribution in [1.82, 2.24) is 24.6 Å². The van der Waals surface area contributed by atoms with Crippen LogP contribution in [0.2, 0.25) is 0 Å². The predicted molar refractivity (Wildman–Crippen MR) is 134 cm³/mol. The lowest BCUT2D eigenvalue weighted by Crippen LogP contribution is -2.48. The van der Waals surface area contributed by atoms with Crippen LogP contribution in [0.5, 0.6) is 0 Å². The Morgan fingerprint density at radius 3 is 2.03 bits per heavy atom. The summed E-state index contributed by atoms with van der Waals surface area (Å²) in [4.78, 5) is 39.5. The number of nitrogens with zero attached hydrogens (tertiary/aromatic N) is 5. The summed E-state index contributed by atoms with van der Waals surface area (Å²) in [7, 11) is 0. The third-order valence-corrected chi connectivity index (χ3v) is 7.07. The fourth-order valence-corrected chi connectivity index (χ4v) is 4.83. The normalized spacial score (nSPS) is 18.2. The van der Waals surface area contributed by atoms with Gasteiger partial charge in [-0.05, 0) is 30.8 Å². The Bertz CT molecular complexity index is 993. The van der Waals surface area contributed by atoms with E-state index in [1.807, 2.05) is 23.2 Å². The zero-order chi connectivity index (χ0) is 24.1. The van der Waals surface area contributed by atoms with Gasteiger partial charge in [0.05, 0.1) is 16.8 Å². The third-order valence-electron chi connectivity index (χ3n) is 7.07. The van der Waals surface area contributed by atoms with Crippen molar-refractivity contribution in [2.45, 2.75) is 20.4 Å². The van der Waals surface area contributed by atoms with Crippen molar-refractivity contribution in [3.8, 4) is 11.3 Å². The molecule has 2 aliphatic heterocycles. The molecule has 2 amide bonds. The highest BCUT2D eigenvalue weighted by Crippen LogP contribution is 2.27. The second-order valence-corrected chi connectivity index (χ2v) is 9.08. The summed E-state index contributed by atoms with van der Waals surface area (Å²) in [5, 5.41) is 0. The zero-order valence-electron chi connectivity index (χ0n) is 20.4. The van der Waals surface area contributed by atoms with E-state index in [2.05, 4.69) is 34.6 Å². The van der Waals surface area contributed by atoms with Crippen LogP contribution in [-0.2, 0) is 6.54 Å². The Labute approximate surface area is 202 Å². The van der Waals surface area contributed by atoms with Gasteiger partial charge in [-0.1, -0.05) is 32.0 Å². The van der Waals surface area contributed by atoms with Gasteiger partial charge in [0.2, 0.25) is 5.91 Å². The smallest absolute Gasteiger partial charge is 0.255 e. The molecular weight excluding hydrogens is 428 g/mol. The van der Waals surface area contributed by atoms with Crippen LogP contribution in [0.25, 0.3) is 11.3 Å². The molecular formula is C26H36N6O2. The molecule has 2 saturated heterocycles. The maximum Gasteiger partial charge on any atom is 0.255 e. The van der Waals surface area contributed by atoms with Crippen molar-refractivity contribution >= 4 is 11.8 Å². The van der Waals surface area contributed by atoms with Crippen molar-refractivity contribution < 1.29 is 9.59 Å². The van der Waals surface area contributed by atoms with Crippen LogP contribution in [0.15, 0.2) is 36.5 Å². The van der Waals surface area contributed by atoms with Crippen LogP contribution in [0.4, 0.5) is 0 Å². The molecule has 2 aromatic rings. The van der Waals surface area contributed by atoms with Gasteiger partial charge in [0, 0.05) is 70.7 Å². The van der Waals surface area contributed by atoms with Crippen LogP contribution in [-0.4, -0.2) is 102 Å². The average molecular weight is 465 g/mol. The fourth-order valence-electron chi connectivity index (χ4n) is 4.83. The minimum Gasteiger partial charge on any atom is -0.366 e. The van der Waals surface area contributed by atoms with Gasteiger partial charge >= 0.3 is 0 Å². The number of pyridine rings is 1. The van der Waals surface area contributed by atoms with Crippen molar-refractivity contribution in [2.75, 3.05) is 65.4 Å². The number of carbonyl (C=O) groups excluding carboxylic acids is 2. The lowest BCUT2D eigenvalue weighted by atomic mass is 9.96. The first-order chi connectivity index (χ1) is 16.5. The van der Waals surface area contributed by atoms with Crippen LogP contribution in [0, 0.1) is 0 Å². The molecule has 1 aromatic carbocycles. The quantitative estimate of drug-likeness (QED) is 0.672. The van der Waals surface area contributed by atoms with E-state index in [0.717, 1.165) is 64.5 Å². The first kappa shape index (κ1) is 24.3. The number of carbonyl (C=O) groups is 2. The molecule has 3 heterocycles. The molecule has 0 atom stereocenters. The number of amides is 2. The van der Waals surface area contributed by atoms with E-state index < -0.39 is 5.91 Å². The molecule has 0 radical (unpaired) electrons. The van der Waals surface area contributed by atoms with Gasteiger partial charge in [0.25, 0.3) is 5.91 Å². The van der Waals surface area contributed by atoms with Gasteiger partial charge in [-0.25, -0.2) is 0 Å². The lowest BCUT2D eigenvalue weighted by molar-refractivity contribution is 0.0640. The number of aromatic nitrogens is 1. The van der Waals surface area contributed by atoms with Gasteiger partial charge in [-0.3, -0.25) is 19.5 Å². The van der Waals surface area contributed by atoms with Gasteiger partial charge in [0.15, 0.2) is 0 Å². The number of nitrogens with two attached hydrogens (primary N) is 1. The third kappa shape index (κ3) is 5.46. The number of hydrogen-bond donors (Lipinski definition) is 1. The average Bonchev–Trinajstić information content (AvgIpc) is 2.88. The minimum absolute atomic E-state index is 0.153. The molecule has 0 aliphatic carbocycles. The summed E-state index contributed by atoms with van der Waals surface area (Å²) in [5.74, 6) is -0.750. The molecule has 2 aliphatic rings. The summed E-state index contributed by atoms with van der Waals surface area (Å²) < 4.78 is 0. The number of benzene rings is 1. The number of hydrogen-bond acceptors (Lipinski definition) is 6. The zero-order valence-corrected chi connectivity index (χ0v) is 20.4. The summed E-state index contributed by atoms with van der Waals surface area (Å²) >= 11 is 0.